The van der Waals surface area contributed by atoms with Gasteiger partial charge in [-0.15, -0.1) is 11.3 Å². The molecule has 0 aliphatic carbocycles. The molecule has 0 spiro atoms. The van der Waals surface area contributed by atoms with E-state index in [2.05, 4.69) is 10.3 Å². The van der Waals surface area contributed by atoms with Gasteiger partial charge in [-0.2, -0.15) is 11.8 Å². The topological polar surface area (TPSA) is 62.2 Å². The summed E-state index contributed by atoms with van der Waals surface area (Å²) in [4.78, 5) is 16.9. The molecule has 1 aliphatic heterocycles. The maximum Gasteiger partial charge on any atom is 0.271 e. The first-order valence-electron chi connectivity index (χ1n) is 7.45. The molecule has 4 nitrogen and oxygen atoms in total. The highest BCUT2D eigenvalue weighted by molar-refractivity contribution is 7.99. The number of hydrogen-bond acceptors (Lipinski definition) is 5. The van der Waals surface area contributed by atoms with Crippen LogP contribution in [0.5, 0.6) is 0 Å². The number of aromatic nitrogens is 1. The summed E-state index contributed by atoms with van der Waals surface area (Å²) in [5, 5.41) is 16.0. The Morgan fingerprint density at radius 3 is 2.71 bits per heavy atom. The molecule has 1 fully saturated rings. The summed E-state index contributed by atoms with van der Waals surface area (Å²) in [6.45, 7) is -0.0525. The molecule has 2 N–H and O–H groups in total. The highest BCUT2D eigenvalue weighted by atomic mass is 35.5. The molecule has 0 unspecified atom stereocenters. The molecule has 1 amide bonds. The van der Waals surface area contributed by atoms with Crippen LogP contribution in [-0.4, -0.2) is 39.6 Å². The van der Waals surface area contributed by atoms with E-state index < -0.39 is 5.54 Å². The van der Waals surface area contributed by atoms with Crippen molar-refractivity contribution < 1.29 is 9.90 Å². The maximum atomic E-state index is 12.5. The zero-order valence-electron chi connectivity index (χ0n) is 12.7. The van der Waals surface area contributed by atoms with Gasteiger partial charge in [-0.25, -0.2) is 4.98 Å². The molecule has 8 heteroatoms. The largest absolute Gasteiger partial charge is 0.394 e. The second kappa shape index (κ2) is 7.62. The van der Waals surface area contributed by atoms with E-state index in [4.69, 9.17) is 23.2 Å². The third-order valence-corrected chi connectivity index (χ3v) is 6.65. The SMILES string of the molecule is O=C(NC1(CO)CCSCC1)c1csc(-c2ccc(Cl)c(Cl)c2)n1. The first-order valence-corrected chi connectivity index (χ1v) is 10.2. The van der Waals surface area contributed by atoms with Crippen molar-refractivity contribution in [3.05, 3.63) is 39.3 Å². The Bertz CT molecular complexity index is 745. The Morgan fingerprint density at radius 2 is 2.04 bits per heavy atom. The van der Waals surface area contributed by atoms with E-state index in [1.54, 1.807) is 17.5 Å². The first-order chi connectivity index (χ1) is 11.5. The fourth-order valence-corrected chi connectivity index (χ4v) is 4.90. The van der Waals surface area contributed by atoms with E-state index in [1.165, 1.54) is 11.3 Å². The van der Waals surface area contributed by atoms with Gasteiger partial charge < -0.3 is 10.4 Å². The Balaban J connectivity index is 1.77. The summed E-state index contributed by atoms with van der Waals surface area (Å²) in [5.74, 6) is 1.62. The zero-order valence-corrected chi connectivity index (χ0v) is 15.9. The second-order valence-electron chi connectivity index (χ2n) is 5.67. The van der Waals surface area contributed by atoms with Crippen LogP contribution in [0.2, 0.25) is 10.0 Å². The maximum absolute atomic E-state index is 12.5. The third kappa shape index (κ3) is 3.89. The summed E-state index contributed by atoms with van der Waals surface area (Å²) in [6, 6.07) is 5.26. The number of aliphatic hydroxyl groups is 1. The number of aliphatic hydroxyl groups excluding tert-OH is 1. The first kappa shape index (κ1) is 18.0. The van der Waals surface area contributed by atoms with Gasteiger partial charge in [0.05, 0.1) is 22.2 Å². The number of nitrogens with one attached hydrogen (secondary N) is 1. The predicted molar refractivity (Wildman–Crippen MR) is 101 cm³/mol. The lowest BCUT2D eigenvalue weighted by atomic mass is 9.93. The molecule has 128 valence electrons. The number of nitrogens with zero attached hydrogens (tertiary/aromatic N) is 1. The minimum Gasteiger partial charge on any atom is -0.394 e. The number of thioether (sulfide) groups is 1. The van der Waals surface area contributed by atoms with Crippen molar-refractivity contribution >= 4 is 52.2 Å². The van der Waals surface area contributed by atoms with Crippen LogP contribution in [-0.2, 0) is 0 Å². The molecule has 1 saturated heterocycles. The second-order valence-corrected chi connectivity index (χ2v) is 8.57. The fraction of sp³-hybridized carbons (Fsp3) is 0.375. The molecular weight excluding hydrogens is 387 g/mol. The van der Waals surface area contributed by atoms with Crippen molar-refractivity contribution in [1.29, 1.82) is 0 Å². The van der Waals surface area contributed by atoms with E-state index in [1.807, 2.05) is 17.8 Å². The minimum atomic E-state index is -0.532. The summed E-state index contributed by atoms with van der Waals surface area (Å²) in [7, 11) is 0. The van der Waals surface area contributed by atoms with E-state index in [-0.39, 0.29) is 12.5 Å². The van der Waals surface area contributed by atoms with Gasteiger partial charge in [0.2, 0.25) is 0 Å². The van der Waals surface area contributed by atoms with Crippen LogP contribution >= 0.6 is 46.3 Å². The monoisotopic (exact) mass is 402 g/mol. The third-order valence-electron chi connectivity index (χ3n) is 4.03. The van der Waals surface area contributed by atoms with E-state index in [9.17, 15) is 9.90 Å². The lowest BCUT2D eigenvalue weighted by molar-refractivity contribution is 0.0813. The number of benzene rings is 1. The van der Waals surface area contributed by atoms with Gasteiger partial charge in [0, 0.05) is 10.9 Å². The lowest BCUT2D eigenvalue weighted by Gasteiger charge is -2.35. The molecule has 2 aromatic rings. The van der Waals surface area contributed by atoms with Crippen LogP contribution in [0, 0.1) is 0 Å². The summed E-state index contributed by atoms with van der Waals surface area (Å²) >= 11 is 15.2. The minimum absolute atomic E-state index is 0.0525. The highest BCUT2D eigenvalue weighted by Crippen LogP contribution is 2.31. The molecule has 0 atom stereocenters. The lowest BCUT2D eigenvalue weighted by Crippen LogP contribution is -2.53. The van der Waals surface area contributed by atoms with Crippen LogP contribution < -0.4 is 5.32 Å². The summed E-state index contributed by atoms with van der Waals surface area (Å²) in [5.41, 5.74) is 0.641. The molecule has 1 aliphatic rings. The zero-order chi connectivity index (χ0) is 17.2. The molecule has 24 heavy (non-hydrogen) atoms. The molecule has 0 bridgehead atoms. The predicted octanol–water partition coefficient (Wildman–Crippen LogP) is 4.10. The van der Waals surface area contributed by atoms with Crippen molar-refractivity contribution in [1.82, 2.24) is 10.3 Å². The smallest absolute Gasteiger partial charge is 0.271 e. The summed E-state index contributed by atoms with van der Waals surface area (Å²) in [6.07, 6.45) is 1.54. The average molecular weight is 403 g/mol. The number of carbonyl (C=O) groups is 1. The Morgan fingerprint density at radius 1 is 1.29 bits per heavy atom. The van der Waals surface area contributed by atoms with Gasteiger partial charge in [-0.1, -0.05) is 29.3 Å². The normalized spacial score (nSPS) is 16.8. The van der Waals surface area contributed by atoms with Crippen LogP contribution in [0.4, 0.5) is 0 Å². The van der Waals surface area contributed by atoms with Crippen molar-refractivity contribution in [3.8, 4) is 10.6 Å². The van der Waals surface area contributed by atoms with E-state index >= 15 is 0 Å². The molecule has 2 heterocycles. The van der Waals surface area contributed by atoms with Crippen molar-refractivity contribution in [2.45, 2.75) is 18.4 Å². The van der Waals surface area contributed by atoms with Crippen LogP contribution in [0.15, 0.2) is 23.6 Å². The van der Waals surface area contributed by atoms with Gasteiger partial charge in [0.1, 0.15) is 10.7 Å². The quantitative estimate of drug-likeness (QED) is 0.807. The number of thiazole rings is 1. The van der Waals surface area contributed by atoms with Crippen molar-refractivity contribution in [2.24, 2.45) is 0 Å². The van der Waals surface area contributed by atoms with Gasteiger partial charge >= 0.3 is 0 Å². The molecular formula is C16H16Cl2N2O2S2. The highest BCUT2D eigenvalue weighted by Gasteiger charge is 2.34. The standard InChI is InChI=1S/C16H16Cl2N2O2S2/c17-11-2-1-10(7-12(11)18)15-19-13(8-24-15)14(22)20-16(9-21)3-5-23-6-4-16/h1-2,7-8,21H,3-6,9H2,(H,20,22). The molecule has 0 radical (unpaired) electrons. The Hall–Kier alpha value is -0.790. The molecule has 3 rings (SSSR count). The number of amides is 1. The molecule has 1 aromatic heterocycles. The molecule has 0 saturated carbocycles. The van der Waals surface area contributed by atoms with Gasteiger partial charge in [-0.05, 0) is 36.5 Å². The van der Waals surface area contributed by atoms with Gasteiger partial charge in [0.15, 0.2) is 0 Å². The van der Waals surface area contributed by atoms with Gasteiger partial charge in [-0.3, -0.25) is 4.79 Å². The van der Waals surface area contributed by atoms with Crippen molar-refractivity contribution in [3.63, 3.8) is 0 Å². The van der Waals surface area contributed by atoms with Crippen LogP contribution in [0.25, 0.3) is 10.6 Å². The number of hydrogen-bond donors (Lipinski definition) is 2. The van der Waals surface area contributed by atoms with Crippen molar-refractivity contribution in [2.75, 3.05) is 18.1 Å². The van der Waals surface area contributed by atoms with Crippen LogP contribution in [0.1, 0.15) is 23.3 Å². The fourth-order valence-electron chi connectivity index (χ4n) is 2.53. The number of carbonyl (C=O) groups excluding carboxylic acids is 1. The number of rotatable bonds is 4. The summed E-state index contributed by atoms with van der Waals surface area (Å²) < 4.78 is 0. The van der Waals surface area contributed by atoms with Crippen LogP contribution in [0.3, 0.4) is 0 Å². The Labute approximate surface area is 158 Å². The Kier molecular flexibility index (Phi) is 5.72. The van der Waals surface area contributed by atoms with Gasteiger partial charge in [0.25, 0.3) is 5.91 Å². The molecule has 1 aromatic carbocycles. The average Bonchev–Trinajstić information content (AvgIpc) is 3.08. The van der Waals surface area contributed by atoms with E-state index in [0.717, 1.165) is 29.9 Å². The number of halogens is 2. The van der Waals surface area contributed by atoms with E-state index in [0.29, 0.717) is 20.7 Å².